The second-order valence-electron chi connectivity index (χ2n) is 3.58. The lowest BCUT2D eigenvalue weighted by Crippen LogP contribution is -1.91. The first-order valence-corrected chi connectivity index (χ1v) is 5.41. The average molecular weight is 241 g/mol. The lowest BCUT2D eigenvalue weighted by Gasteiger charge is -2.02. The van der Waals surface area contributed by atoms with E-state index in [1.165, 1.54) is 22.0 Å². The molecule has 1 unspecified atom stereocenters. The Hall–Kier alpha value is -0.340. The van der Waals surface area contributed by atoms with Crippen molar-refractivity contribution in [1.29, 1.82) is 0 Å². The van der Waals surface area contributed by atoms with Crippen LogP contribution in [0.3, 0.4) is 0 Å². The van der Waals surface area contributed by atoms with Crippen LogP contribution in [0.5, 0.6) is 0 Å². The maximum absolute atomic E-state index is 5.17. The van der Waals surface area contributed by atoms with Gasteiger partial charge in [-0.3, -0.25) is 0 Å². The maximum Gasteiger partial charge on any atom is 0.0813 e. The molecule has 1 aliphatic heterocycles. The predicted octanol–water partition coefficient (Wildman–Crippen LogP) is 3.09. The Balaban J connectivity index is 1.98. The van der Waals surface area contributed by atoms with Gasteiger partial charge in [0.25, 0.3) is 0 Å². The highest BCUT2D eigenvalue weighted by Gasteiger charge is 2.21. The number of hydrogen-bond acceptors (Lipinski definition) is 1. The van der Waals surface area contributed by atoms with E-state index < -0.39 is 0 Å². The van der Waals surface area contributed by atoms with Gasteiger partial charge in [-0.15, -0.1) is 0 Å². The fourth-order valence-corrected chi connectivity index (χ4v) is 1.67. The Bertz CT molecular complexity index is 305. The van der Waals surface area contributed by atoms with Crippen LogP contribution in [0, 0.1) is 6.92 Å². The van der Waals surface area contributed by atoms with Crippen molar-refractivity contribution in [3.63, 3.8) is 0 Å². The Morgan fingerprint density at radius 3 is 2.92 bits per heavy atom. The minimum atomic E-state index is 0.545. The van der Waals surface area contributed by atoms with Crippen LogP contribution < -0.4 is 0 Å². The van der Waals surface area contributed by atoms with Gasteiger partial charge in [-0.25, -0.2) is 0 Å². The van der Waals surface area contributed by atoms with Crippen molar-refractivity contribution >= 4 is 15.9 Å². The van der Waals surface area contributed by atoms with E-state index in [9.17, 15) is 0 Å². The summed E-state index contributed by atoms with van der Waals surface area (Å²) in [5.74, 6) is 0. The third kappa shape index (κ3) is 2.55. The predicted molar refractivity (Wildman–Crippen MR) is 56.9 cm³/mol. The van der Waals surface area contributed by atoms with Crippen LogP contribution in [-0.4, -0.2) is 12.7 Å². The number of epoxide rings is 1. The molecule has 2 heteroatoms. The normalized spacial score (nSPS) is 20.3. The van der Waals surface area contributed by atoms with Crippen LogP contribution >= 0.6 is 15.9 Å². The molecule has 1 atom stereocenters. The summed E-state index contributed by atoms with van der Waals surface area (Å²) in [5.41, 5.74) is 2.73. The Morgan fingerprint density at radius 1 is 1.54 bits per heavy atom. The Morgan fingerprint density at radius 2 is 2.31 bits per heavy atom. The smallest absolute Gasteiger partial charge is 0.0813 e. The fraction of sp³-hybridized carbons (Fsp3) is 0.455. The molecule has 2 rings (SSSR count). The molecule has 0 aromatic heterocycles. The minimum absolute atomic E-state index is 0.545. The van der Waals surface area contributed by atoms with E-state index in [0.717, 1.165) is 13.0 Å². The van der Waals surface area contributed by atoms with Crippen molar-refractivity contribution in [2.45, 2.75) is 25.9 Å². The van der Waals surface area contributed by atoms with Gasteiger partial charge < -0.3 is 4.74 Å². The van der Waals surface area contributed by atoms with Gasteiger partial charge in [0.1, 0.15) is 0 Å². The summed E-state index contributed by atoms with van der Waals surface area (Å²) in [7, 11) is 0. The molecule has 0 amide bonds. The molecule has 0 radical (unpaired) electrons. The molecule has 70 valence electrons. The van der Waals surface area contributed by atoms with Gasteiger partial charge in [-0.2, -0.15) is 0 Å². The van der Waals surface area contributed by atoms with E-state index in [2.05, 4.69) is 41.1 Å². The summed E-state index contributed by atoms with van der Waals surface area (Å²) in [5, 5.41) is 0. The molecule has 1 aromatic carbocycles. The highest BCUT2D eigenvalue weighted by atomic mass is 79.9. The molecule has 1 aliphatic rings. The van der Waals surface area contributed by atoms with Gasteiger partial charge in [0.2, 0.25) is 0 Å². The molecule has 0 saturated carbocycles. The van der Waals surface area contributed by atoms with E-state index in [-0.39, 0.29) is 0 Å². The fourth-order valence-electron chi connectivity index (χ4n) is 1.42. The molecule has 1 aromatic rings. The third-order valence-electron chi connectivity index (χ3n) is 2.38. The monoisotopic (exact) mass is 240 g/mol. The van der Waals surface area contributed by atoms with Crippen molar-refractivity contribution in [2.75, 3.05) is 6.61 Å². The van der Waals surface area contributed by atoms with Crippen molar-refractivity contribution in [3.05, 3.63) is 33.8 Å². The lowest BCUT2D eigenvalue weighted by molar-refractivity contribution is 0.397. The molecule has 0 aliphatic carbocycles. The molecule has 0 spiro atoms. The van der Waals surface area contributed by atoms with Crippen LogP contribution in [-0.2, 0) is 11.2 Å². The van der Waals surface area contributed by atoms with Crippen molar-refractivity contribution in [1.82, 2.24) is 0 Å². The number of aryl methyl sites for hydroxylation is 2. The summed E-state index contributed by atoms with van der Waals surface area (Å²) >= 11 is 3.50. The summed E-state index contributed by atoms with van der Waals surface area (Å²) in [6.45, 7) is 3.09. The summed E-state index contributed by atoms with van der Waals surface area (Å²) in [6, 6.07) is 6.55. The number of rotatable bonds is 3. The number of halogens is 1. The first kappa shape index (κ1) is 9.22. The highest BCUT2D eigenvalue weighted by molar-refractivity contribution is 9.10. The highest BCUT2D eigenvalue weighted by Crippen LogP contribution is 2.20. The number of benzene rings is 1. The Labute approximate surface area is 87.2 Å². The first-order valence-electron chi connectivity index (χ1n) is 4.62. The van der Waals surface area contributed by atoms with Crippen LogP contribution in [0.2, 0.25) is 0 Å². The topological polar surface area (TPSA) is 12.5 Å². The number of ether oxygens (including phenoxy) is 1. The second-order valence-corrected chi connectivity index (χ2v) is 4.43. The van der Waals surface area contributed by atoms with Crippen molar-refractivity contribution in [3.8, 4) is 0 Å². The SMILES string of the molecule is Cc1cc(CCC2CO2)ccc1Br. The summed E-state index contributed by atoms with van der Waals surface area (Å²) in [6.07, 6.45) is 2.85. The zero-order valence-corrected chi connectivity index (χ0v) is 9.30. The standard InChI is InChI=1S/C11H13BrO/c1-8-6-9(3-5-11(8)12)2-4-10-7-13-10/h3,5-6,10H,2,4,7H2,1H3. The van der Waals surface area contributed by atoms with Crippen LogP contribution in [0.25, 0.3) is 0 Å². The molecule has 0 bridgehead atoms. The average Bonchev–Trinajstić information content (AvgIpc) is 2.91. The van der Waals surface area contributed by atoms with Gasteiger partial charge in [0.15, 0.2) is 0 Å². The van der Waals surface area contributed by atoms with E-state index in [4.69, 9.17) is 4.74 Å². The van der Waals surface area contributed by atoms with E-state index in [1.54, 1.807) is 0 Å². The van der Waals surface area contributed by atoms with Gasteiger partial charge in [0, 0.05) is 4.47 Å². The van der Waals surface area contributed by atoms with Gasteiger partial charge in [0.05, 0.1) is 12.7 Å². The molecule has 1 nitrogen and oxygen atoms in total. The van der Waals surface area contributed by atoms with Crippen LogP contribution in [0.4, 0.5) is 0 Å². The third-order valence-corrected chi connectivity index (χ3v) is 3.27. The molecular weight excluding hydrogens is 228 g/mol. The van der Waals surface area contributed by atoms with Crippen LogP contribution in [0.1, 0.15) is 17.5 Å². The molecule has 1 fully saturated rings. The molecular formula is C11H13BrO. The minimum Gasteiger partial charge on any atom is -0.373 e. The second kappa shape index (κ2) is 3.81. The van der Waals surface area contributed by atoms with Gasteiger partial charge in [-0.05, 0) is 37.0 Å². The molecule has 0 N–H and O–H groups in total. The van der Waals surface area contributed by atoms with Gasteiger partial charge in [-0.1, -0.05) is 28.1 Å². The summed E-state index contributed by atoms with van der Waals surface area (Å²) in [4.78, 5) is 0. The van der Waals surface area contributed by atoms with E-state index >= 15 is 0 Å². The first-order chi connectivity index (χ1) is 6.25. The quantitative estimate of drug-likeness (QED) is 0.741. The molecule has 1 heterocycles. The number of hydrogen-bond donors (Lipinski definition) is 0. The zero-order valence-electron chi connectivity index (χ0n) is 7.72. The molecule has 1 saturated heterocycles. The summed E-state index contributed by atoms with van der Waals surface area (Å²) < 4.78 is 6.37. The van der Waals surface area contributed by atoms with E-state index in [0.29, 0.717) is 6.10 Å². The van der Waals surface area contributed by atoms with Gasteiger partial charge >= 0.3 is 0 Å². The van der Waals surface area contributed by atoms with E-state index in [1.807, 2.05) is 0 Å². The molecule has 13 heavy (non-hydrogen) atoms. The largest absolute Gasteiger partial charge is 0.373 e. The zero-order chi connectivity index (χ0) is 9.26. The lowest BCUT2D eigenvalue weighted by atomic mass is 10.1. The Kier molecular flexibility index (Phi) is 2.70. The van der Waals surface area contributed by atoms with Crippen molar-refractivity contribution in [2.24, 2.45) is 0 Å². The van der Waals surface area contributed by atoms with Crippen molar-refractivity contribution < 1.29 is 4.74 Å². The van der Waals surface area contributed by atoms with Crippen LogP contribution in [0.15, 0.2) is 22.7 Å². The maximum atomic E-state index is 5.17.